The van der Waals surface area contributed by atoms with E-state index in [0.29, 0.717) is 6.04 Å². The summed E-state index contributed by atoms with van der Waals surface area (Å²) >= 11 is 0. The van der Waals surface area contributed by atoms with E-state index in [1.54, 1.807) is 0 Å². The maximum Gasteiger partial charge on any atom is 0.320 e. The van der Waals surface area contributed by atoms with Gasteiger partial charge in [0.25, 0.3) is 0 Å². The Labute approximate surface area is 78.9 Å². The van der Waals surface area contributed by atoms with Gasteiger partial charge in [-0.05, 0) is 12.8 Å². The molecule has 1 saturated heterocycles. The molecule has 0 atom stereocenters. The quantitative estimate of drug-likeness (QED) is 0.626. The average molecular weight is 183 g/mol. The molecule has 1 saturated carbocycles. The summed E-state index contributed by atoms with van der Waals surface area (Å²) in [4.78, 5) is 15.6. The van der Waals surface area contributed by atoms with E-state index in [2.05, 4.69) is 5.32 Å². The van der Waals surface area contributed by atoms with Gasteiger partial charge in [-0.2, -0.15) is 0 Å². The molecule has 1 N–H and O–H groups in total. The number of nitrogens with zero attached hydrogens (tertiary/aromatic N) is 2. The van der Waals surface area contributed by atoms with Gasteiger partial charge in [-0.25, -0.2) is 4.79 Å². The lowest BCUT2D eigenvalue weighted by Crippen LogP contribution is -2.51. The van der Waals surface area contributed by atoms with E-state index < -0.39 is 0 Å². The molecule has 2 amide bonds. The number of piperazine rings is 1. The zero-order chi connectivity index (χ0) is 9.26. The number of nitrogens with one attached hydrogen (secondary N) is 1. The summed E-state index contributed by atoms with van der Waals surface area (Å²) in [6, 6.07) is 0.742. The number of urea groups is 1. The summed E-state index contributed by atoms with van der Waals surface area (Å²) in [7, 11) is 1.92. The average Bonchev–Trinajstić information content (AvgIpc) is 3.00. The second-order valence-corrected chi connectivity index (χ2v) is 3.86. The largest absolute Gasteiger partial charge is 0.325 e. The molecule has 0 radical (unpaired) electrons. The minimum absolute atomic E-state index is 0.212. The fraction of sp³-hybridized carbons (Fsp3) is 0.889. The van der Waals surface area contributed by atoms with Gasteiger partial charge in [-0.3, -0.25) is 0 Å². The van der Waals surface area contributed by atoms with Crippen LogP contribution in [0.15, 0.2) is 0 Å². The Morgan fingerprint density at radius 1 is 1.38 bits per heavy atom. The van der Waals surface area contributed by atoms with Crippen LogP contribution in [0, 0.1) is 0 Å². The number of amides is 2. The molecule has 0 spiro atoms. The monoisotopic (exact) mass is 183 g/mol. The zero-order valence-corrected chi connectivity index (χ0v) is 8.12. The number of hydrogen-bond acceptors (Lipinski definition) is 2. The van der Waals surface area contributed by atoms with Gasteiger partial charge in [0.05, 0.1) is 0 Å². The molecule has 0 aromatic heterocycles. The highest BCUT2D eigenvalue weighted by molar-refractivity contribution is 5.75. The Kier molecular flexibility index (Phi) is 2.40. The smallest absolute Gasteiger partial charge is 0.320 e. The van der Waals surface area contributed by atoms with E-state index in [9.17, 15) is 4.79 Å². The molecule has 0 aromatic carbocycles. The van der Waals surface area contributed by atoms with Gasteiger partial charge in [-0.1, -0.05) is 0 Å². The number of carbonyl (C=O) groups is 1. The molecule has 1 aliphatic heterocycles. The minimum atomic E-state index is 0.212. The van der Waals surface area contributed by atoms with Crippen LogP contribution < -0.4 is 5.32 Å². The first-order valence-corrected chi connectivity index (χ1v) is 5.01. The molecule has 13 heavy (non-hydrogen) atoms. The molecule has 0 bridgehead atoms. The Balaban J connectivity index is 1.86. The van der Waals surface area contributed by atoms with E-state index in [1.165, 1.54) is 12.8 Å². The molecule has 4 heteroatoms. The third kappa shape index (κ3) is 1.94. The van der Waals surface area contributed by atoms with Crippen LogP contribution in [0.4, 0.5) is 4.79 Å². The van der Waals surface area contributed by atoms with Crippen LogP contribution >= 0.6 is 0 Å². The number of hydrogen-bond donors (Lipinski definition) is 1. The first-order chi connectivity index (χ1) is 6.29. The van der Waals surface area contributed by atoms with Gasteiger partial charge in [0.15, 0.2) is 0 Å². The molecule has 1 heterocycles. The predicted molar refractivity (Wildman–Crippen MR) is 50.6 cm³/mol. The van der Waals surface area contributed by atoms with Gasteiger partial charge in [0.1, 0.15) is 0 Å². The Bertz CT molecular complexity index is 197. The SMILES string of the molecule is CN(C(=O)N1CCNCC1)C1CC1. The lowest BCUT2D eigenvalue weighted by atomic mass is 10.4. The van der Waals surface area contributed by atoms with Crippen LogP contribution in [-0.2, 0) is 0 Å². The lowest BCUT2D eigenvalue weighted by Gasteiger charge is -2.31. The Morgan fingerprint density at radius 2 is 2.00 bits per heavy atom. The molecule has 2 aliphatic rings. The summed E-state index contributed by atoms with van der Waals surface area (Å²) in [6.45, 7) is 3.58. The van der Waals surface area contributed by atoms with E-state index in [0.717, 1.165) is 26.2 Å². The number of rotatable bonds is 1. The fourth-order valence-corrected chi connectivity index (χ4v) is 1.70. The summed E-state index contributed by atoms with van der Waals surface area (Å²) in [5, 5.41) is 3.24. The van der Waals surface area contributed by atoms with Crippen LogP contribution in [0.1, 0.15) is 12.8 Å². The van der Waals surface area contributed by atoms with Crippen molar-refractivity contribution in [2.75, 3.05) is 33.2 Å². The summed E-state index contributed by atoms with van der Waals surface area (Å²) < 4.78 is 0. The van der Waals surface area contributed by atoms with Crippen molar-refractivity contribution in [3.8, 4) is 0 Å². The molecule has 74 valence electrons. The Hall–Kier alpha value is -0.770. The molecule has 2 fully saturated rings. The maximum absolute atomic E-state index is 11.8. The van der Waals surface area contributed by atoms with E-state index >= 15 is 0 Å². The molecule has 4 nitrogen and oxygen atoms in total. The number of carbonyl (C=O) groups excluding carboxylic acids is 1. The van der Waals surface area contributed by atoms with Crippen LogP contribution in [0.2, 0.25) is 0 Å². The molecule has 2 rings (SSSR count). The predicted octanol–water partition coefficient (Wildman–Crippen LogP) is 0.106. The van der Waals surface area contributed by atoms with Crippen molar-refractivity contribution >= 4 is 6.03 Å². The standard InChI is InChI=1S/C9H17N3O/c1-11(8-2-3-8)9(13)12-6-4-10-5-7-12/h8,10H,2-7H2,1H3. The third-order valence-electron chi connectivity index (χ3n) is 2.78. The highest BCUT2D eigenvalue weighted by Gasteiger charge is 2.32. The minimum Gasteiger partial charge on any atom is -0.325 e. The van der Waals surface area contributed by atoms with Crippen LogP contribution in [0.25, 0.3) is 0 Å². The summed E-state index contributed by atoms with van der Waals surface area (Å²) in [6.07, 6.45) is 2.38. The van der Waals surface area contributed by atoms with Crippen LogP contribution in [0.5, 0.6) is 0 Å². The van der Waals surface area contributed by atoms with Crippen molar-refractivity contribution in [3.63, 3.8) is 0 Å². The first-order valence-electron chi connectivity index (χ1n) is 5.01. The molecule has 1 aliphatic carbocycles. The second kappa shape index (κ2) is 3.54. The van der Waals surface area contributed by atoms with Crippen molar-refractivity contribution in [2.24, 2.45) is 0 Å². The summed E-state index contributed by atoms with van der Waals surface area (Å²) in [5.41, 5.74) is 0. The molecular formula is C9H17N3O. The van der Waals surface area contributed by atoms with Gasteiger partial charge in [-0.15, -0.1) is 0 Å². The maximum atomic E-state index is 11.8. The van der Waals surface area contributed by atoms with Gasteiger partial charge in [0.2, 0.25) is 0 Å². The second-order valence-electron chi connectivity index (χ2n) is 3.86. The fourth-order valence-electron chi connectivity index (χ4n) is 1.70. The molecular weight excluding hydrogens is 166 g/mol. The van der Waals surface area contributed by atoms with Crippen LogP contribution in [0.3, 0.4) is 0 Å². The Morgan fingerprint density at radius 3 is 2.54 bits per heavy atom. The summed E-state index contributed by atoms with van der Waals surface area (Å²) in [5.74, 6) is 0. The topological polar surface area (TPSA) is 35.6 Å². The van der Waals surface area contributed by atoms with Crippen molar-refractivity contribution in [1.82, 2.24) is 15.1 Å². The van der Waals surface area contributed by atoms with Crippen LogP contribution in [-0.4, -0.2) is 55.1 Å². The van der Waals surface area contributed by atoms with Gasteiger partial charge >= 0.3 is 6.03 Å². The third-order valence-corrected chi connectivity index (χ3v) is 2.78. The van der Waals surface area contributed by atoms with Crippen molar-refractivity contribution in [3.05, 3.63) is 0 Å². The molecule has 0 aromatic rings. The normalized spacial score (nSPS) is 23.0. The van der Waals surface area contributed by atoms with E-state index in [1.807, 2.05) is 16.8 Å². The lowest BCUT2D eigenvalue weighted by molar-refractivity contribution is 0.154. The highest BCUT2D eigenvalue weighted by Crippen LogP contribution is 2.26. The van der Waals surface area contributed by atoms with Crippen molar-refractivity contribution in [2.45, 2.75) is 18.9 Å². The molecule has 0 unspecified atom stereocenters. The van der Waals surface area contributed by atoms with E-state index in [-0.39, 0.29) is 6.03 Å². The van der Waals surface area contributed by atoms with Gasteiger partial charge < -0.3 is 15.1 Å². The van der Waals surface area contributed by atoms with Gasteiger partial charge in [0, 0.05) is 39.3 Å². The zero-order valence-electron chi connectivity index (χ0n) is 8.12. The van der Waals surface area contributed by atoms with Crippen molar-refractivity contribution in [1.29, 1.82) is 0 Å². The first kappa shape index (κ1) is 8.81. The highest BCUT2D eigenvalue weighted by atomic mass is 16.2. The van der Waals surface area contributed by atoms with E-state index in [4.69, 9.17) is 0 Å². The van der Waals surface area contributed by atoms with Crippen molar-refractivity contribution < 1.29 is 4.79 Å².